The lowest BCUT2D eigenvalue weighted by molar-refractivity contribution is 0.194. The molecule has 0 amide bonds. The maximum atomic E-state index is 9.79. The first kappa shape index (κ1) is 19.7. The summed E-state index contributed by atoms with van der Waals surface area (Å²) >= 11 is 0. The predicted octanol–water partition coefficient (Wildman–Crippen LogP) is 4.02. The molecule has 3 N–H and O–H groups in total. The molecule has 4 aromatic rings. The summed E-state index contributed by atoms with van der Waals surface area (Å²) in [4.78, 5) is 9.10. The normalized spacial score (nSPS) is 11.8. The third kappa shape index (κ3) is 3.93. The van der Waals surface area contributed by atoms with Crippen molar-refractivity contribution in [3.63, 3.8) is 0 Å². The molecule has 0 spiro atoms. The monoisotopic (exact) mass is 375 g/mol. The summed E-state index contributed by atoms with van der Waals surface area (Å²) in [6, 6.07) is 17.5. The number of aliphatic hydroxyl groups excluding tert-OH is 1. The van der Waals surface area contributed by atoms with Crippen molar-refractivity contribution in [2.24, 2.45) is 5.73 Å². The highest BCUT2D eigenvalue weighted by Crippen LogP contribution is 2.25. The molecule has 6 heteroatoms. The number of hydrogen-bond donors (Lipinski definition) is 2. The van der Waals surface area contributed by atoms with Crippen molar-refractivity contribution in [2.45, 2.75) is 33.4 Å². The molecule has 3 heterocycles. The molecule has 0 aliphatic heterocycles. The predicted molar refractivity (Wildman–Crippen MR) is 112 cm³/mol. The number of fused-ring (bicyclic) bond motifs is 1. The molecule has 1 atom stereocenters. The molecule has 1 aromatic carbocycles. The summed E-state index contributed by atoms with van der Waals surface area (Å²) < 4.78 is 1.78. The van der Waals surface area contributed by atoms with E-state index in [9.17, 15) is 5.11 Å². The number of aromatic nitrogens is 4. The van der Waals surface area contributed by atoms with Crippen molar-refractivity contribution < 1.29 is 5.11 Å². The van der Waals surface area contributed by atoms with Crippen LogP contribution in [-0.4, -0.2) is 24.9 Å². The van der Waals surface area contributed by atoms with Gasteiger partial charge in [0, 0.05) is 17.5 Å². The second-order valence-corrected chi connectivity index (χ2v) is 6.14. The Hall–Kier alpha value is -3.09. The van der Waals surface area contributed by atoms with E-state index in [-0.39, 0.29) is 0 Å². The largest absolute Gasteiger partial charge is 0.387 e. The van der Waals surface area contributed by atoms with E-state index in [1.54, 1.807) is 23.9 Å². The number of aliphatic hydroxyl groups is 1. The van der Waals surface area contributed by atoms with Gasteiger partial charge in [-0.3, -0.25) is 4.98 Å². The molecule has 0 aliphatic carbocycles. The first-order chi connectivity index (χ1) is 13.7. The molecular formula is C22H25N5O. The van der Waals surface area contributed by atoms with Crippen LogP contribution in [0.3, 0.4) is 0 Å². The van der Waals surface area contributed by atoms with Crippen LogP contribution in [-0.2, 0) is 6.54 Å². The van der Waals surface area contributed by atoms with Gasteiger partial charge in [0.2, 0.25) is 0 Å². The molecule has 6 nitrogen and oxygen atoms in total. The molecule has 0 bridgehead atoms. The number of benzene rings is 1. The third-order valence-electron chi connectivity index (χ3n) is 4.28. The van der Waals surface area contributed by atoms with Crippen molar-refractivity contribution >= 4 is 10.9 Å². The molecule has 0 fully saturated rings. The van der Waals surface area contributed by atoms with Crippen LogP contribution in [0.2, 0.25) is 0 Å². The molecule has 4 rings (SSSR count). The van der Waals surface area contributed by atoms with Crippen LogP contribution in [0.4, 0.5) is 0 Å². The van der Waals surface area contributed by atoms with Gasteiger partial charge in [0.25, 0.3) is 0 Å². The minimum Gasteiger partial charge on any atom is -0.387 e. The lowest BCUT2D eigenvalue weighted by Gasteiger charge is -2.08. The zero-order chi connectivity index (χ0) is 20.1. The van der Waals surface area contributed by atoms with Crippen LogP contribution < -0.4 is 5.73 Å². The van der Waals surface area contributed by atoms with Gasteiger partial charge >= 0.3 is 0 Å². The molecule has 0 radical (unpaired) electrons. The second kappa shape index (κ2) is 8.73. The topological polar surface area (TPSA) is 89.8 Å². The molecule has 3 aromatic heterocycles. The number of nitrogens with zero attached hydrogens (tertiary/aromatic N) is 4. The van der Waals surface area contributed by atoms with Gasteiger partial charge in [0.05, 0.1) is 34.9 Å². The highest BCUT2D eigenvalue weighted by atomic mass is 16.3. The maximum Gasteiger partial charge on any atom is 0.154 e. The summed E-state index contributed by atoms with van der Waals surface area (Å²) in [5.74, 6) is 0.666. The molecule has 144 valence electrons. The average molecular weight is 375 g/mol. The van der Waals surface area contributed by atoms with Crippen LogP contribution in [0.1, 0.15) is 38.3 Å². The van der Waals surface area contributed by atoms with Crippen molar-refractivity contribution in [1.82, 2.24) is 19.7 Å². The van der Waals surface area contributed by atoms with E-state index < -0.39 is 6.10 Å². The number of hydrogen-bond acceptors (Lipinski definition) is 5. The fourth-order valence-electron chi connectivity index (χ4n) is 2.90. The van der Waals surface area contributed by atoms with Gasteiger partial charge in [0.1, 0.15) is 0 Å². The van der Waals surface area contributed by atoms with Gasteiger partial charge in [-0.2, -0.15) is 5.10 Å². The Morgan fingerprint density at radius 1 is 1.04 bits per heavy atom. The highest BCUT2D eigenvalue weighted by Gasteiger charge is 2.10. The van der Waals surface area contributed by atoms with Crippen molar-refractivity contribution in [1.29, 1.82) is 0 Å². The quantitative estimate of drug-likeness (QED) is 0.562. The van der Waals surface area contributed by atoms with Gasteiger partial charge in [0.15, 0.2) is 5.82 Å². The maximum absolute atomic E-state index is 9.79. The summed E-state index contributed by atoms with van der Waals surface area (Å²) in [6.45, 7) is 6.10. The van der Waals surface area contributed by atoms with Crippen molar-refractivity contribution in [3.8, 4) is 17.1 Å². The lowest BCUT2D eigenvalue weighted by Crippen LogP contribution is -2.03. The lowest BCUT2D eigenvalue weighted by atomic mass is 10.1. The zero-order valence-corrected chi connectivity index (χ0v) is 16.4. The minimum absolute atomic E-state index is 0.407. The van der Waals surface area contributed by atoms with E-state index in [0.717, 1.165) is 27.9 Å². The Kier molecular flexibility index (Phi) is 6.13. The molecular weight excluding hydrogens is 350 g/mol. The van der Waals surface area contributed by atoms with E-state index in [0.29, 0.717) is 18.1 Å². The van der Waals surface area contributed by atoms with E-state index in [1.165, 1.54) is 0 Å². The summed E-state index contributed by atoms with van der Waals surface area (Å²) in [6.07, 6.45) is 1.18. The fraction of sp³-hybridized carbons (Fsp3) is 0.227. The van der Waals surface area contributed by atoms with Crippen molar-refractivity contribution in [3.05, 3.63) is 72.2 Å². The van der Waals surface area contributed by atoms with E-state index in [1.807, 2.05) is 62.4 Å². The standard InChI is InChI=1S/C20H19N5O.C2H6/c1-13(26)17-5-3-7-20(24-17)25-19-10-14(8-9-15(19)12-22-25)18-6-2-4-16(11-21)23-18;1-2/h2-10,12-13,26H,11,21H2,1H3;1-2H3. The second-order valence-electron chi connectivity index (χ2n) is 6.14. The minimum atomic E-state index is -0.629. The SMILES string of the molecule is CC.CC(O)c1cccc(-n2ncc3ccc(-c4cccc(CN)n4)cc32)n1. The Morgan fingerprint density at radius 3 is 2.57 bits per heavy atom. The first-order valence-electron chi connectivity index (χ1n) is 9.45. The number of rotatable bonds is 4. The van der Waals surface area contributed by atoms with Gasteiger partial charge < -0.3 is 10.8 Å². The van der Waals surface area contributed by atoms with Gasteiger partial charge in [-0.25, -0.2) is 9.67 Å². The number of pyridine rings is 2. The molecule has 0 saturated carbocycles. The molecule has 28 heavy (non-hydrogen) atoms. The first-order valence-corrected chi connectivity index (χ1v) is 9.45. The van der Waals surface area contributed by atoms with Crippen LogP contribution in [0.5, 0.6) is 0 Å². The van der Waals surface area contributed by atoms with E-state index >= 15 is 0 Å². The smallest absolute Gasteiger partial charge is 0.154 e. The Bertz CT molecular complexity index is 1070. The fourth-order valence-corrected chi connectivity index (χ4v) is 2.90. The summed E-state index contributed by atoms with van der Waals surface area (Å²) in [5.41, 5.74) is 9.95. The van der Waals surface area contributed by atoms with E-state index in [4.69, 9.17) is 5.73 Å². The zero-order valence-electron chi connectivity index (χ0n) is 16.4. The van der Waals surface area contributed by atoms with E-state index in [2.05, 4.69) is 15.1 Å². The third-order valence-corrected chi connectivity index (χ3v) is 4.28. The van der Waals surface area contributed by atoms with Crippen LogP contribution in [0.25, 0.3) is 28.0 Å². The molecule has 0 aliphatic rings. The Labute approximate surface area is 164 Å². The molecule has 1 unspecified atom stereocenters. The Balaban J connectivity index is 0.00000109. The number of nitrogens with two attached hydrogens (primary N) is 1. The van der Waals surface area contributed by atoms with Crippen LogP contribution in [0, 0.1) is 0 Å². The summed E-state index contributed by atoms with van der Waals surface area (Å²) in [5, 5.41) is 15.3. The van der Waals surface area contributed by atoms with Gasteiger partial charge in [-0.1, -0.05) is 38.1 Å². The summed E-state index contributed by atoms with van der Waals surface area (Å²) in [7, 11) is 0. The Morgan fingerprint density at radius 2 is 1.82 bits per heavy atom. The van der Waals surface area contributed by atoms with Crippen LogP contribution in [0.15, 0.2) is 60.8 Å². The van der Waals surface area contributed by atoms with Crippen LogP contribution >= 0.6 is 0 Å². The van der Waals surface area contributed by atoms with Gasteiger partial charge in [-0.15, -0.1) is 0 Å². The van der Waals surface area contributed by atoms with Crippen molar-refractivity contribution in [2.75, 3.05) is 0 Å². The highest BCUT2D eigenvalue weighted by molar-refractivity contribution is 5.84. The van der Waals surface area contributed by atoms with Gasteiger partial charge in [-0.05, 0) is 37.3 Å². The molecule has 0 saturated heterocycles. The average Bonchev–Trinajstić information content (AvgIpc) is 3.18.